The largest absolute Gasteiger partial charge is 0.381 e. The molecule has 0 radical (unpaired) electrons. The Kier molecular flexibility index (Phi) is 5.52. The van der Waals surface area contributed by atoms with Crippen molar-refractivity contribution in [3.63, 3.8) is 0 Å². The van der Waals surface area contributed by atoms with Gasteiger partial charge < -0.3 is 14.6 Å². The summed E-state index contributed by atoms with van der Waals surface area (Å²) in [7, 11) is 1.72. The lowest BCUT2D eigenvalue weighted by molar-refractivity contribution is -0.137. The number of hydrogen-bond donors (Lipinski definition) is 1. The fraction of sp³-hybridized carbons (Fsp3) is 0.524. The number of aromatic nitrogens is 3. The molecule has 1 N–H and O–H groups in total. The molecule has 2 fully saturated rings. The van der Waals surface area contributed by atoms with E-state index in [1.807, 2.05) is 23.1 Å². The lowest BCUT2D eigenvalue weighted by Crippen LogP contribution is -2.38. The van der Waals surface area contributed by atoms with Gasteiger partial charge in [-0.1, -0.05) is 12.5 Å². The Balaban J connectivity index is 1.48. The summed E-state index contributed by atoms with van der Waals surface area (Å²) in [5, 5.41) is 0. The van der Waals surface area contributed by atoms with Crippen LogP contribution in [0, 0.1) is 5.92 Å². The van der Waals surface area contributed by atoms with E-state index in [4.69, 9.17) is 4.74 Å². The van der Waals surface area contributed by atoms with E-state index in [2.05, 4.69) is 15.0 Å². The van der Waals surface area contributed by atoms with E-state index in [1.54, 1.807) is 19.4 Å². The second-order valence-electron chi connectivity index (χ2n) is 7.72. The topological polar surface area (TPSA) is 88.2 Å². The molecule has 1 saturated heterocycles. The van der Waals surface area contributed by atoms with Crippen LogP contribution in [-0.4, -0.2) is 52.1 Å². The van der Waals surface area contributed by atoms with Crippen LogP contribution in [-0.2, 0) is 9.53 Å². The van der Waals surface area contributed by atoms with Gasteiger partial charge >= 0.3 is 0 Å². The third-order valence-corrected chi connectivity index (χ3v) is 5.90. The van der Waals surface area contributed by atoms with E-state index in [1.165, 1.54) is 0 Å². The summed E-state index contributed by atoms with van der Waals surface area (Å²) < 4.78 is 5.47. The van der Waals surface area contributed by atoms with Gasteiger partial charge in [0.15, 0.2) is 5.82 Å². The van der Waals surface area contributed by atoms with E-state index >= 15 is 0 Å². The van der Waals surface area contributed by atoms with Crippen molar-refractivity contribution in [3.8, 4) is 11.5 Å². The second kappa shape index (κ2) is 8.22. The maximum absolute atomic E-state index is 13.0. The highest BCUT2D eigenvalue weighted by atomic mass is 16.5. The standard InChI is InChI=1S/C21H26N4O3/c1-28-16-6-4-5-14(11-16)21(27)25-10-8-15(13-25)18-12-19(26)24-20(23-18)17-7-2-3-9-22-17/h2-3,7,9,12,14-16H,4-6,8,10-11,13H2,1H3,(H,23,24,26)/t14-,15-,16+/m0/s1. The molecule has 2 aromatic heterocycles. The molecular weight excluding hydrogens is 356 g/mol. The van der Waals surface area contributed by atoms with Crippen LogP contribution in [0.1, 0.15) is 43.7 Å². The predicted molar refractivity (Wildman–Crippen MR) is 105 cm³/mol. The fourth-order valence-corrected chi connectivity index (χ4v) is 4.35. The van der Waals surface area contributed by atoms with Gasteiger partial charge in [-0.3, -0.25) is 14.6 Å². The van der Waals surface area contributed by atoms with Crippen molar-refractivity contribution in [2.45, 2.75) is 44.1 Å². The minimum atomic E-state index is -0.189. The van der Waals surface area contributed by atoms with E-state index in [0.29, 0.717) is 24.6 Å². The first kappa shape index (κ1) is 18.8. The number of pyridine rings is 1. The zero-order chi connectivity index (χ0) is 19.5. The number of carbonyl (C=O) groups excluding carboxylic acids is 1. The van der Waals surface area contributed by atoms with Crippen molar-refractivity contribution < 1.29 is 9.53 Å². The van der Waals surface area contributed by atoms with Gasteiger partial charge in [-0.25, -0.2) is 4.98 Å². The van der Waals surface area contributed by atoms with Crippen LogP contribution < -0.4 is 5.56 Å². The Morgan fingerprint density at radius 3 is 2.96 bits per heavy atom. The smallest absolute Gasteiger partial charge is 0.251 e. The van der Waals surface area contributed by atoms with Crippen molar-refractivity contribution in [1.29, 1.82) is 0 Å². The summed E-state index contributed by atoms with van der Waals surface area (Å²) in [6.45, 7) is 1.33. The monoisotopic (exact) mass is 382 g/mol. The highest BCUT2D eigenvalue weighted by Gasteiger charge is 2.35. The van der Waals surface area contributed by atoms with Gasteiger partial charge in [0.2, 0.25) is 5.91 Å². The molecule has 1 aliphatic heterocycles. The summed E-state index contributed by atoms with van der Waals surface area (Å²) in [5.41, 5.74) is 1.18. The van der Waals surface area contributed by atoms with Gasteiger partial charge in [-0.05, 0) is 37.8 Å². The molecule has 0 unspecified atom stereocenters. The van der Waals surface area contributed by atoms with Crippen LogP contribution in [0.4, 0.5) is 0 Å². The molecule has 2 aromatic rings. The van der Waals surface area contributed by atoms with Crippen molar-refractivity contribution in [3.05, 3.63) is 46.5 Å². The van der Waals surface area contributed by atoms with Gasteiger partial charge in [0.1, 0.15) is 5.69 Å². The number of nitrogens with one attached hydrogen (secondary N) is 1. The first-order valence-electron chi connectivity index (χ1n) is 9.98. The third-order valence-electron chi connectivity index (χ3n) is 5.90. The number of rotatable bonds is 4. The number of nitrogens with zero attached hydrogens (tertiary/aromatic N) is 3. The summed E-state index contributed by atoms with van der Waals surface area (Å²) in [6, 6.07) is 7.06. The van der Waals surface area contributed by atoms with E-state index in [-0.39, 0.29) is 29.4 Å². The average molecular weight is 382 g/mol. The number of ether oxygens (including phenoxy) is 1. The van der Waals surface area contributed by atoms with Crippen LogP contribution in [0.3, 0.4) is 0 Å². The maximum Gasteiger partial charge on any atom is 0.251 e. The second-order valence-corrected chi connectivity index (χ2v) is 7.72. The van der Waals surface area contributed by atoms with Crippen molar-refractivity contribution in [2.75, 3.05) is 20.2 Å². The fourth-order valence-electron chi connectivity index (χ4n) is 4.35. The normalized spacial score (nSPS) is 25.0. The van der Waals surface area contributed by atoms with Gasteiger partial charge in [-0.2, -0.15) is 0 Å². The van der Waals surface area contributed by atoms with Crippen LogP contribution in [0.2, 0.25) is 0 Å². The molecule has 148 valence electrons. The van der Waals surface area contributed by atoms with Crippen LogP contribution in [0.25, 0.3) is 11.5 Å². The average Bonchev–Trinajstić information content (AvgIpc) is 3.24. The molecule has 1 aliphatic carbocycles. The van der Waals surface area contributed by atoms with Crippen molar-refractivity contribution >= 4 is 5.91 Å². The summed E-state index contributed by atoms with van der Waals surface area (Å²) >= 11 is 0. The zero-order valence-corrected chi connectivity index (χ0v) is 16.1. The highest BCUT2D eigenvalue weighted by molar-refractivity contribution is 5.79. The summed E-state index contributed by atoms with van der Waals surface area (Å²) in [6.07, 6.45) is 6.51. The van der Waals surface area contributed by atoms with E-state index in [9.17, 15) is 9.59 Å². The Labute approximate surface area is 164 Å². The predicted octanol–water partition coefficient (Wildman–Crippen LogP) is 2.35. The molecule has 7 heteroatoms. The minimum Gasteiger partial charge on any atom is -0.381 e. The van der Waals surface area contributed by atoms with Crippen LogP contribution >= 0.6 is 0 Å². The molecule has 0 spiro atoms. The first-order valence-corrected chi connectivity index (χ1v) is 9.98. The number of H-pyrrole nitrogens is 1. The molecule has 4 rings (SSSR count). The quantitative estimate of drug-likeness (QED) is 0.877. The molecule has 28 heavy (non-hydrogen) atoms. The Bertz CT molecular complexity index is 883. The number of methoxy groups -OCH3 is 1. The van der Waals surface area contributed by atoms with Gasteiger partial charge in [-0.15, -0.1) is 0 Å². The SMILES string of the molecule is CO[C@@H]1CCC[C@H](C(=O)N2CC[C@H](c3cc(=O)[nH]c(-c4ccccn4)n3)C2)C1. The molecule has 1 amide bonds. The molecule has 2 aliphatic rings. The van der Waals surface area contributed by atoms with Crippen LogP contribution in [0.5, 0.6) is 0 Å². The maximum atomic E-state index is 13.0. The Morgan fingerprint density at radius 2 is 2.18 bits per heavy atom. The lowest BCUT2D eigenvalue weighted by Gasteiger charge is -2.30. The minimum absolute atomic E-state index is 0.0497. The molecule has 3 heterocycles. The third kappa shape index (κ3) is 3.99. The van der Waals surface area contributed by atoms with Crippen molar-refractivity contribution in [1.82, 2.24) is 19.9 Å². The number of carbonyl (C=O) groups is 1. The molecule has 0 aromatic carbocycles. The molecule has 7 nitrogen and oxygen atoms in total. The van der Waals surface area contributed by atoms with E-state index < -0.39 is 0 Å². The molecule has 0 bridgehead atoms. The Morgan fingerprint density at radius 1 is 1.29 bits per heavy atom. The van der Waals surface area contributed by atoms with E-state index in [0.717, 1.165) is 37.8 Å². The van der Waals surface area contributed by atoms with Crippen LogP contribution in [0.15, 0.2) is 35.3 Å². The highest BCUT2D eigenvalue weighted by Crippen LogP contribution is 2.32. The number of amides is 1. The zero-order valence-electron chi connectivity index (χ0n) is 16.1. The number of hydrogen-bond acceptors (Lipinski definition) is 5. The van der Waals surface area contributed by atoms with Gasteiger partial charge in [0.05, 0.1) is 11.8 Å². The summed E-state index contributed by atoms with van der Waals surface area (Å²) in [4.78, 5) is 38.7. The van der Waals surface area contributed by atoms with Gasteiger partial charge in [0, 0.05) is 44.3 Å². The lowest BCUT2D eigenvalue weighted by atomic mass is 9.86. The molecular formula is C21H26N4O3. The van der Waals surface area contributed by atoms with Crippen molar-refractivity contribution in [2.24, 2.45) is 5.92 Å². The molecule has 3 atom stereocenters. The van der Waals surface area contributed by atoms with Gasteiger partial charge in [0.25, 0.3) is 5.56 Å². The Hall–Kier alpha value is -2.54. The number of likely N-dealkylation sites (tertiary alicyclic amines) is 1. The summed E-state index contributed by atoms with van der Waals surface area (Å²) in [5.74, 6) is 0.825. The first-order chi connectivity index (χ1) is 13.6. The number of aromatic amines is 1. The molecule has 1 saturated carbocycles.